The average Bonchev–Trinajstić information content (AvgIpc) is 2.18. The number of aryl methyl sites for hydroxylation is 1. The number of benzene rings is 1. The predicted molar refractivity (Wildman–Crippen MR) is 56.3 cm³/mol. The van der Waals surface area contributed by atoms with Gasteiger partial charge in [-0.1, -0.05) is 44.0 Å². The molecule has 1 radical (unpaired) electrons. The van der Waals surface area contributed by atoms with E-state index in [1.54, 1.807) is 0 Å². The molecule has 0 N–H and O–H groups in total. The van der Waals surface area contributed by atoms with Gasteiger partial charge >= 0.3 is 0 Å². The minimum absolute atomic E-state index is 0.938. The lowest BCUT2D eigenvalue weighted by molar-refractivity contribution is 0.918. The van der Waals surface area contributed by atoms with E-state index < -0.39 is 0 Å². The van der Waals surface area contributed by atoms with Crippen LogP contribution >= 0.6 is 0 Å². The summed E-state index contributed by atoms with van der Waals surface area (Å²) >= 11 is 0. The lowest BCUT2D eigenvalue weighted by atomic mass is 9.98. The first-order valence-electron chi connectivity index (χ1n) is 4.45. The number of hydrogen-bond donors (Lipinski definition) is 0. The van der Waals surface area contributed by atoms with E-state index in [0.29, 0.717) is 0 Å². The van der Waals surface area contributed by atoms with E-state index in [1.165, 1.54) is 5.56 Å². The number of terminal acetylenes is 1. The third-order valence-corrected chi connectivity index (χ3v) is 2.00. The standard InChI is InChI=1S/C13H13/c1-4-8-12-10-7-9-11(5-2)13(12)6-3/h3,7,9-10H,2,4,8H2,1H3. The molecular weight excluding hydrogens is 156 g/mol. The van der Waals surface area contributed by atoms with Crippen molar-refractivity contribution < 1.29 is 0 Å². The quantitative estimate of drug-likeness (QED) is 0.610. The van der Waals surface area contributed by atoms with Crippen molar-refractivity contribution in [2.24, 2.45) is 0 Å². The molecule has 1 aromatic carbocycles. The zero-order chi connectivity index (χ0) is 9.68. The van der Waals surface area contributed by atoms with Crippen molar-refractivity contribution in [3.8, 4) is 12.3 Å². The molecular formula is C13H13. The molecule has 0 aliphatic heterocycles. The molecule has 0 saturated carbocycles. The Bertz CT molecular complexity index is 340. The van der Waals surface area contributed by atoms with Crippen LogP contribution in [0.1, 0.15) is 30.0 Å². The molecule has 0 amide bonds. The summed E-state index contributed by atoms with van der Waals surface area (Å²) in [5, 5.41) is 0. The SMILES string of the molecule is C#Cc1c([C]=C)cccc1CCC. The van der Waals surface area contributed by atoms with Crippen LogP contribution in [0.4, 0.5) is 0 Å². The van der Waals surface area contributed by atoms with E-state index in [4.69, 9.17) is 6.42 Å². The summed E-state index contributed by atoms with van der Waals surface area (Å²) in [5.41, 5.74) is 3.10. The summed E-state index contributed by atoms with van der Waals surface area (Å²) in [6, 6.07) is 6.01. The molecule has 13 heavy (non-hydrogen) atoms. The van der Waals surface area contributed by atoms with E-state index in [-0.39, 0.29) is 0 Å². The molecule has 1 rings (SSSR count). The first-order chi connectivity index (χ1) is 6.33. The number of rotatable bonds is 3. The van der Waals surface area contributed by atoms with E-state index in [9.17, 15) is 0 Å². The van der Waals surface area contributed by atoms with E-state index in [1.807, 2.05) is 12.1 Å². The Balaban J connectivity index is 3.20. The van der Waals surface area contributed by atoms with Gasteiger partial charge in [0.25, 0.3) is 0 Å². The summed E-state index contributed by atoms with van der Waals surface area (Å²) in [7, 11) is 0. The van der Waals surface area contributed by atoms with Crippen molar-refractivity contribution in [2.75, 3.05) is 0 Å². The van der Waals surface area contributed by atoms with E-state index >= 15 is 0 Å². The minimum atomic E-state index is 0.938. The molecule has 65 valence electrons. The second-order valence-electron chi connectivity index (χ2n) is 2.91. The minimum Gasteiger partial charge on any atom is -0.115 e. The molecule has 0 nitrogen and oxygen atoms in total. The highest BCUT2D eigenvalue weighted by molar-refractivity contribution is 5.48. The van der Waals surface area contributed by atoms with Crippen LogP contribution in [0.5, 0.6) is 0 Å². The van der Waals surface area contributed by atoms with E-state index in [0.717, 1.165) is 24.0 Å². The van der Waals surface area contributed by atoms with Crippen LogP contribution < -0.4 is 0 Å². The molecule has 0 bridgehead atoms. The monoisotopic (exact) mass is 169 g/mol. The summed E-state index contributed by atoms with van der Waals surface area (Å²) in [6.07, 6.45) is 10.4. The van der Waals surface area contributed by atoms with Crippen LogP contribution in [0, 0.1) is 18.4 Å². The highest BCUT2D eigenvalue weighted by Gasteiger charge is 2.02. The second kappa shape index (κ2) is 4.52. The Morgan fingerprint density at radius 3 is 2.77 bits per heavy atom. The zero-order valence-electron chi connectivity index (χ0n) is 7.93. The normalized spacial score (nSPS) is 9.23. The summed E-state index contributed by atoms with van der Waals surface area (Å²) < 4.78 is 0. The van der Waals surface area contributed by atoms with Gasteiger partial charge in [-0.15, -0.1) is 6.42 Å². The summed E-state index contributed by atoms with van der Waals surface area (Å²) in [4.78, 5) is 0. The van der Waals surface area contributed by atoms with Crippen molar-refractivity contribution in [3.05, 3.63) is 47.5 Å². The van der Waals surface area contributed by atoms with Crippen molar-refractivity contribution in [1.82, 2.24) is 0 Å². The van der Waals surface area contributed by atoms with Crippen LogP contribution in [-0.2, 0) is 6.42 Å². The van der Waals surface area contributed by atoms with Gasteiger partial charge in [0.2, 0.25) is 0 Å². The van der Waals surface area contributed by atoms with E-state index in [2.05, 4.69) is 31.6 Å². The van der Waals surface area contributed by atoms with Gasteiger partial charge in [0.15, 0.2) is 0 Å². The topological polar surface area (TPSA) is 0 Å². The third-order valence-electron chi connectivity index (χ3n) is 2.00. The third kappa shape index (κ3) is 2.00. The van der Waals surface area contributed by atoms with Crippen molar-refractivity contribution in [3.63, 3.8) is 0 Å². The zero-order valence-corrected chi connectivity index (χ0v) is 7.93. The first-order valence-corrected chi connectivity index (χ1v) is 4.45. The Morgan fingerprint density at radius 1 is 1.46 bits per heavy atom. The van der Waals surface area contributed by atoms with Crippen LogP contribution in [-0.4, -0.2) is 0 Å². The van der Waals surface area contributed by atoms with Gasteiger partial charge in [0.05, 0.1) is 0 Å². The summed E-state index contributed by atoms with van der Waals surface area (Å²) in [5.74, 6) is 2.70. The van der Waals surface area contributed by atoms with Crippen molar-refractivity contribution >= 4 is 0 Å². The van der Waals surface area contributed by atoms with Gasteiger partial charge in [-0.25, -0.2) is 0 Å². The van der Waals surface area contributed by atoms with Gasteiger partial charge in [-0.2, -0.15) is 0 Å². The van der Waals surface area contributed by atoms with Crippen LogP contribution in [0.15, 0.2) is 24.8 Å². The average molecular weight is 169 g/mol. The Kier molecular flexibility index (Phi) is 3.34. The maximum absolute atomic E-state index is 5.44. The van der Waals surface area contributed by atoms with Gasteiger partial charge < -0.3 is 0 Å². The molecule has 0 unspecified atom stereocenters. The largest absolute Gasteiger partial charge is 0.115 e. The predicted octanol–water partition coefficient (Wildman–Crippen LogP) is 2.96. The molecule has 1 aromatic rings. The molecule has 0 heterocycles. The number of hydrogen-bond acceptors (Lipinski definition) is 0. The fourth-order valence-electron chi connectivity index (χ4n) is 1.40. The van der Waals surface area contributed by atoms with Crippen molar-refractivity contribution in [1.29, 1.82) is 0 Å². The summed E-state index contributed by atoms with van der Waals surface area (Å²) in [6.45, 7) is 5.76. The Morgan fingerprint density at radius 2 is 2.23 bits per heavy atom. The maximum Gasteiger partial charge on any atom is 0.0353 e. The fraction of sp³-hybridized carbons (Fsp3) is 0.231. The molecule has 0 spiro atoms. The maximum atomic E-state index is 5.44. The Hall–Kier alpha value is -1.48. The fourth-order valence-corrected chi connectivity index (χ4v) is 1.40. The molecule has 0 atom stereocenters. The highest BCUT2D eigenvalue weighted by Crippen LogP contribution is 2.15. The molecule has 0 aromatic heterocycles. The Labute approximate surface area is 80.3 Å². The molecule has 0 aliphatic carbocycles. The van der Waals surface area contributed by atoms with Crippen LogP contribution in [0.2, 0.25) is 0 Å². The van der Waals surface area contributed by atoms with Crippen LogP contribution in [0.25, 0.3) is 0 Å². The first kappa shape index (κ1) is 9.61. The highest BCUT2D eigenvalue weighted by atomic mass is 14.0. The lowest BCUT2D eigenvalue weighted by Gasteiger charge is -2.05. The molecule has 0 saturated heterocycles. The second-order valence-corrected chi connectivity index (χ2v) is 2.91. The van der Waals surface area contributed by atoms with Crippen LogP contribution in [0.3, 0.4) is 0 Å². The van der Waals surface area contributed by atoms with Gasteiger partial charge in [0.1, 0.15) is 0 Å². The van der Waals surface area contributed by atoms with Gasteiger partial charge in [0, 0.05) is 5.56 Å². The molecule has 0 heteroatoms. The van der Waals surface area contributed by atoms with Gasteiger partial charge in [-0.3, -0.25) is 0 Å². The van der Waals surface area contributed by atoms with Gasteiger partial charge in [-0.05, 0) is 23.6 Å². The molecule has 0 aliphatic rings. The van der Waals surface area contributed by atoms with Crippen molar-refractivity contribution in [2.45, 2.75) is 19.8 Å². The smallest absolute Gasteiger partial charge is 0.0353 e. The molecule has 0 fully saturated rings. The lowest BCUT2D eigenvalue weighted by Crippen LogP contribution is -1.92.